The van der Waals surface area contributed by atoms with Crippen molar-refractivity contribution in [3.8, 4) is 5.75 Å². The van der Waals surface area contributed by atoms with E-state index in [1.807, 2.05) is 24.3 Å². The average molecular weight is 271 g/mol. The SMILES string of the molecule is COc1ccc(NC=CC(=O)c2ccc(F)cc2)cc1. The number of benzene rings is 2. The highest BCUT2D eigenvalue weighted by Crippen LogP contribution is 2.14. The van der Waals surface area contributed by atoms with Gasteiger partial charge < -0.3 is 10.1 Å². The van der Waals surface area contributed by atoms with E-state index in [1.54, 1.807) is 13.3 Å². The molecule has 0 atom stereocenters. The van der Waals surface area contributed by atoms with Crippen LogP contribution >= 0.6 is 0 Å². The summed E-state index contributed by atoms with van der Waals surface area (Å²) in [6.07, 6.45) is 2.95. The van der Waals surface area contributed by atoms with Crippen LogP contribution in [0.5, 0.6) is 5.75 Å². The van der Waals surface area contributed by atoms with Crippen molar-refractivity contribution >= 4 is 11.5 Å². The van der Waals surface area contributed by atoms with Crippen LogP contribution < -0.4 is 10.1 Å². The third-order valence-electron chi connectivity index (χ3n) is 2.70. The summed E-state index contributed by atoms with van der Waals surface area (Å²) in [5.41, 5.74) is 1.29. The molecular weight excluding hydrogens is 257 g/mol. The van der Waals surface area contributed by atoms with Crippen LogP contribution in [0.25, 0.3) is 0 Å². The van der Waals surface area contributed by atoms with Gasteiger partial charge in [-0.15, -0.1) is 0 Å². The summed E-state index contributed by atoms with van der Waals surface area (Å²) in [7, 11) is 1.60. The van der Waals surface area contributed by atoms with Gasteiger partial charge in [0.15, 0.2) is 5.78 Å². The standard InChI is InChI=1S/C16H14FNO2/c1-20-15-8-6-14(7-9-15)18-11-10-16(19)12-2-4-13(17)5-3-12/h2-11,18H,1H3. The predicted molar refractivity (Wildman–Crippen MR) is 76.5 cm³/mol. The first-order chi connectivity index (χ1) is 9.69. The van der Waals surface area contributed by atoms with E-state index in [2.05, 4.69) is 5.32 Å². The Balaban J connectivity index is 1.95. The zero-order valence-electron chi connectivity index (χ0n) is 11.0. The van der Waals surface area contributed by atoms with Gasteiger partial charge in [-0.05, 0) is 48.5 Å². The molecule has 2 aromatic rings. The summed E-state index contributed by atoms with van der Waals surface area (Å²) in [6.45, 7) is 0. The predicted octanol–water partition coefficient (Wildman–Crippen LogP) is 3.64. The second-order valence-electron chi connectivity index (χ2n) is 4.08. The van der Waals surface area contributed by atoms with E-state index >= 15 is 0 Å². The molecule has 4 heteroatoms. The van der Waals surface area contributed by atoms with Gasteiger partial charge in [0.25, 0.3) is 0 Å². The van der Waals surface area contributed by atoms with Gasteiger partial charge in [0.1, 0.15) is 11.6 Å². The highest BCUT2D eigenvalue weighted by Gasteiger charge is 2.01. The van der Waals surface area contributed by atoms with Crippen molar-refractivity contribution in [3.63, 3.8) is 0 Å². The Morgan fingerprint density at radius 2 is 1.75 bits per heavy atom. The van der Waals surface area contributed by atoms with Crippen LogP contribution in [0.3, 0.4) is 0 Å². The van der Waals surface area contributed by atoms with Crippen LogP contribution in [-0.2, 0) is 0 Å². The largest absolute Gasteiger partial charge is 0.497 e. The van der Waals surface area contributed by atoms with Gasteiger partial charge in [-0.3, -0.25) is 4.79 Å². The number of methoxy groups -OCH3 is 1. The van der Waals surface area contributed by atoms with Gasteiger partial charge in [0.2, 0.25) is 0 Å². The summed E-state index contributed by atoms with van der Waals surface area (Å²) >= 11 is 0. The third kappa shape index (κ3) is 3.68. The second kappa shape index (κ2) is 6.52. The van der Waals surface area contributed by atoms with Gasteiger partial charge in [-0.1, -0.05) is 0 Å². The lowest BCUT2D eigenvalue weighted by atomic mass is 10.1. The molecule has 0 aliphatic heterocycles. The van der Waals surface area contributed by atoms with Gasteiger partial charge in [0, 0.05) is 23.5 Å². The number of ether oxygens (including phenoxy) is 1. The fourth-order valence-corrected chi connectivity index (χ4v) is 1.61. The number of carbonyl (C=O) groups is 1. The van der Waals surface area contributed by atoms with Crippen molar-refractivity contribution in [3.05, 3.63) is 72.2 Å². The Hall–Kier alpha value is -2.62. The molecule has 0 aliphatic rings. The highest BCUT2D eigenvalue weighted by atomic mass is 19.1. The van der Waals surface area contributed by atoms with E-state index in [0.29, 0.717) is 5.56 Å². The van der Waals surface area contributed by atoms with Gasteiger partial charge >= 0.3 is 0 Å². The first kappa shape index (κ1) is 13.8. The van der Waals surface area contributed by atoms with Crippen LogP contribution in [0.4, 0.5) is 10.1 Å². The lowest BCUT2D eigenvalue weighted by molar-refractivity contribution is 0.104. The Labute approximate surface area is 116 Å². The van der Waals surface area contributed by atoms with E-state index in [9.17, 15) is 9.18 Å². The monoisotopic (exact) mass is 271 g/mol. The second-order valence-corrected chi connectivity index (χ2v) is 4.08. The molecule has 0 saturated heterocycles. The maximum atomic E-state index is 12.7. The van der Waals surface area contributed by atoms with Crippen molar-refractivity contribution in [1.29, 1.82) is 0 Å². The molecule has 0 fully saturated rings. The lowest BCUT2D eigenvalue weighted by Gasteiger charge is -2.02. The number of ketones is 1. The van der Waals surface area contributed by atoms with Crippen molar-refractivity contribution in [1.82, 2.24) is 0 Å². The molecule has 3 nitrogen and oxygen atoms in total. The summed E-state index contributed by atoms with van der Waals surface area (Å²) in [5, 5.41) is 2.98. The molecule has 2 aromatic carbocycles. The zero-order chi connectivity index (χ0) is 14.4. The number of nitrogens with one attached hydrogen (secondary N) is 1. The zero-order valence-corrected chi connectivity index (χ0v) is 11.0. The molecule has 0 radical (unpaired) electrons. The number of rotatable bonds is 5. The van der Waals surface area contributed by atoms with Crippen LogP contribution in [-0.4, -0.2) is 12.9 Å². The van der Waals surface area contributed by atoms with Crippen LogP contribution in [0.15, 0.2) is 60.8 Å². The first-order valence-electron chi connectivity index (χ1n) is 6.06. The van der Waals surface area contributed by atoms with Crippen molar-refractivity contribution in [2.45, 2.75) is 0 Å². The fourth-order valence-electron chi connectivity index (χ4n) is 1.61. The first-order valence-corrected chi connectivity index (χ1v) is 6.06. The number of anilines is 1. The van der Waals surface area contributed by atoms with Crippen LogP contribution in [0.2, 0.25) is 0 Å². The quantitative estimate of drug-likeness (QED) is 0.666. The minimum Gasteiger partial charge on any atom is -0.497 e. The van der Waals surface area contributed by atoms with E-state index in [1.165, 1.54) is 30.3 Å². The Bertz CT molecular complexity index is 603. The number of hydrogen-bond acceptors (Lipinski definition) is 3. The third-order valence-corrected chi connectivity index (χ3v) is 2.70. The molecule has 2 rings (SSSR count). The Morgan fingerprint density at radius 3 is 2.35 bits per heavy atom. The highest BCUT2D eigenvalue weighted by molar-refractivity contribution is 6.04. The van der Waals surface area contributed by atoms with Gasteiger partial charge in [0.05, 0.1) is 7.11 Å². The molecular formula is C16H14FNO2. The maximum Gasteiger partial charge on any atom is 0.187 e. The minimum atomic E-state index is -0.359. The molecule has 0 aromatic heterocycles. The normalized spacial score (nSPS) is 10.5. The van der Waals surface area contributed by atoms with Crippen molar-refractivity contribution in [2.24, 2.45) is 0 Å². The maximum absolute atomic E-state index is 12.7. The van der Waals surface area contributed by atoms with Crippen LogP contribution in [0.1, 0.15) is 10.4 Å². The molecule has 0 spiro atoms. The van der Waals surface area contributed by atoms with E-state index in [0.717, 1.165) is 11.4 Å². The van der Waals surface area contributed by atoms with Gasteiger partial charge in [-0.2, -0.15) is 0 Å². The molecule has 102 valence electrons. The number of allylic oxidation sites excluding steroid dienone is 1. The van der Waals surface area contributed by atoms with Crippen molar-refractivity contribution < 1.29 is 13.9 Å². The Kier molecular flexibility index (Phi) is 4.50. The molecule has 20 heavy (non-hydrogen) atoms. The molecule has 0 unspecified atom stereocenters. The molecule has 0 saturated carbocycles. The Morgan fingerprint density at radius 1 is 1.10 bits per heavy atom. The topological polar surface area (TPSA) is 38.3 Å². The van der Waals surface area contributed by atoms with Crippen LogP contribution in [0, 0.1) is 5.82 Å². The summed E-state index contributed by atoms with van der Waals surface area (Å²) in [5.74, 6) is 0.217. The van der Waals surface area contributed by atoms with E-state index < -0.39 is 0 Å². The molecule has 0 heterocycles. The average Bonchev–Trinajstić information content (AvgIpc) is 2.48. The van der Waals surface area contributed by atoms with E-state index in [-0.39, 0.29) is 11.6 Å². The number of hydrogen-bond donors (Lipinski definition) is 1. The molecule has 1 N–H and O–H groups in total. The smallest absolute Gasteiger partial charge is 0.187 e. The lowest BCUT2D eigenvalue weighted by Crippen LogP contribution is -1.96. The fraction of sp³-hybridized carbons (Fsp3) is 0.0625. The summed E-state index contributed by atoms with van der Waals surface area (Å²) in [6, 6.07) is 12.7. The summed E-state index contributed by atoms with van der Waals surface area (Å²) in [4.78, 5) is 11.8. The molecule has 0 bridgehead atoms. The summed E-state index contributed by atoms with van der Waals surface area (Å²) < 4.78 is 17.8. The molecule has 0 amide bonds. The number of halogens is 1. The van der Waals surface area contributed by atoms with E-state index in [4.69, 9.17) is 4.74 Å². The number of carbonyl (C=O) groups excluding carboxylic acids is 1. The molecule has 0 aliphatic carbocycles. The van der Waals surface area contributed by atoms with Crippen molar-refractivity contribution in [2.75, 3.05) is 12.4 Å². The minimum absolute atomic E-state index is 0.189. The van der Waals surface area contributed by atoms with Gasteiger partial charge in [-0.25, -0.2) is 4.39 Å².